The minimum absolute atomic E-state index is 0.115. The number of hydrogen-bond acceptors (Lipinski definition) is 2. The topological polar surface area (TPSA) is 46.2 Å². The highest BCUT2D eigenvalue weighted by atomic mass is 32.2. The number of rotatable bonds is 2. The van der Waals surface area contributed by atoms with Crippen LogP contribution in [0.3, 0.4) is 0 Å². The van der Waals surface area contributed by atoms with Crippen LogP contribution in [0.5, 0.6) is 0 Å². The van der Waals surface area contributed by atoms with Gasteiger partial charge < -0.3 is 0 Å². The third kappa shape index (κ3) is 3.28. The average Bonchev–Trinajstić information content (AvgIpc) is 1.97. The highest BCUT2D eigenvalue weighted by Gasteiger charge is 2.23. The first kappa shape index (κ1) is 13.1. The van der Waals surface area contributed by atoms with Gasteiger partial charge >= 0.3 is 0 Å². The van der Waals surface area contributed by atoms with Crippen LogP contribution in [0.1, 0.15) is 26.3 Å². The van der Waals surface area contributed by atoms with Crippen molar-refractivity contribution < 1.29 is 12.8 Å². The van der Waals surface area contributed by atoms with E-state index in [4.69, 9.17) is 0 Å². The highest BCUT2D eigenvalue weighted by molar-refractivity contribution is 7.89. The monoisotopic (exact) mass is 245 g/mol. The molecule has 0 saturated heterocycles. The van der Waals surface area contributed by atoms with Gasteiger partial charge in [-0.25, -0.2) is 17.5 Å². The zero-order chi connectivity index (χ0) is 12.6. The maximum absolute atomic E-state index is 12.9. The van der Waals surface area contributed by atoms with Gasteiger partial charge in [0, 0.05) is 5.54 Å². The van der Waals surface area contributed by atoms with Gasteiger partial charge in [-0.1, -0.05) is 0 Å². The summed E-state index contributed by atoms with van der Waals surface area (Å²) in [4.78, 5) is 0.115. The van der Waals surface area contributed by atoms with Gasteiger partial charge in [-0.2, -0.15) is 0 Å². The maximum Gasteiger partial charge on any atom is 0.241 e. The summed E-state index contributed by atoms with van der Waals surface area (Å²) in [5, 5.41) is 0. The van der Waals surface area contributed by atoms with Crippen molar-refractivity contribution in [3.8, 4) is 0 Å². The first-order valence-electron chi connectivity index (χ1n) is 4.92. The fourth-order valence-corrected chi connectivity index (χ4v) is 3.02. The van der Waals surface area contributed by atoms with E-state index in [1.54, 1.807) is 27.7 Å². The molecule has 0 aliphatic rings. The first-order valence-corrected chi connectivity index (χ1v) is 6.40. The molecule has 1 N–H and O–H groups in total. The molecule has 0 amide bonds. The predicted octanol–water partition coefficient (Wildman–Crippen LogP) is 2.21. The van der Waals surface area contributed by atoms with Crippen LogP contribution in [-0.2, 0) is 10.0 Å². The van der Waals surface area contributed by atoms with E-state index < -0.39 is 21.4 Å². The van der Waals surface area contributed by atoms with Gasteiger partial charge in [-0.15, -0.1) is 0 Å². The second kappa shape index (κ2) is 4.14. The van der Waals surface area contributed by atoms with Gasteiger partial charge in [0.2, 0.25) is 10.0 Å². The summed E-state index contributed by atoms with van der Waals surface area (Å²) < 4.78 is 39.3. The molecule has 1 rings (SSSR count). The summed E-state index contributed by atoms with van der Waals surface area (Å²) in [6.45, 7) is 6.83. The van der Waals surface area contributed by atoms with Crippen LogP contribution in [0.4, 0.5) is 4.39 Å². The molecule has 16 heavy (non-hydrogen) atoms. The average molecular weight is 245 g/mol. The Balaban J connectivity index is 3.18. The van der Waals surface area contributed by atoms with E-state index in [1.165, 1.54) is 12.1 Å². The quantitative estimate of drug-likeness (QED) is 0.868. The Morgan fingerprint density at radius 1 is 1.25 bits per heavy atom. The van der Waals surface area contributed by atoms with Crippen molar-refractivity contribution in [2.24, 2.45) is 0 Å². The van der Waals surface area contributed by atoms with Crippen molar-refractivity contribution in [2.75, 3.05) is 0 Å². The standard InChI is InChI=1S/C11H16FNO2S/c1-8-7-9(12)5-6-10(8)16(14,15)13-11(2,3)4/h5-7,13H,1-4H3. The number of hydrogen-bond donors (Lipinski definition) is 1. The SMILES string of the molecule is Cc1cc(F)ccc1S(=O)(=O)NC(C)(C)C. The molecule has 0 fully saturated rings. The van der Waals surface area contributed by atoms with Crippen LogP contribution in [0, 0.1) is 12.7 Å². The van der Waals surface area contributed by atoms with Crippen LogP contribution in [0.25, 0.3) is 0 Å². The summed E-state index contributed by atoms with van der Waals surface area (Å²) >= 11 is 0. The molecular formula is C11H16FNO2S. The molecule has 0 aromatic heterocycles. The minimum Gasteiger partial charge on any atom is -0.207 e. The van der Waals surface area contributed by atoms with Gasteiger partial charge in [-0.3, -0.25) is 0 Å². The smallest absolute Gasteiger partial charge is 0.207 e. The number of benzene rings is 1. The zero-order valence-corrected chi connectivity index (χ0v) is 10.7. The Bertz CT molecular complexity index is 489. The van der Waals surface area contributed by atoms with Crippen LogP contribution >= 0.6 is 0 Å². The molecule has 90 valence electrons. The van der Waals surface area contributed by atoms with Gasteiger partial charge in [0.05, 0.1) is 4.90 Å². The van der Waals surface area contributed by atoms with E-state index in [0.29, 0.717) is 5.56 Å². The third-order valence-electron chi connectivity index (χ3n) is 1.87. The molecule has 0 saturated carbocycles. The molecule has 1 aromatic rings. The Hall–Kier alpha value is -0.940. The second-order valence-corrected chi connectivity index (χ2v) is 6.42. The minimum atomic E-state index is -3.58. The molecule has 0 atom stereocenters. The highest BCUT2D eigenvalue weighted by Crippen LogP contribution is 2.17. The molecule has 0 aliphatic heterocycles. The third-order valence-corrected chi connectivity index (χ3v) is 3.79. The first-order chi connectivity index (χ1) is 7.12. The lowest BCUT2D eigenvalue weighted by Crippen LogP contribution is -2.40. The van der Waals surface area contributed by atoms with E-state index in [-0.39, 0.29) is 4.90 Å². The van der Waals surface area contributed by atoms with Crippen LogP contribution in [-0.4, -0.2) is 14.0 Å². The van der Waals surface area contributed by atoms with Crippen LogP contribution < -0.4 is 4.72 Å². The van der Waals surface area contributed by atoms with Crippen LogP contribution in [0.15, 0.2) is 23.1 Å². The van der Waals surface area contributed by atoms with Crippen molar-refractivity contribution in [3.63, 3.8) is 0 Å². The van der Waals surface area contributed by atoms with Crippen LogP contribution in [0.2, 0.25) is 0 Å². The number of nitrogens with one attached hydrogen (secondary N) is 1. The Labute approximate surface area is 95.7 Å². The Morgan fingerprint density at radius 2 is 1.81 bits per heavy atom. The largest absolute Gasteiger partial charge is 0.241 e. The lowest BCUT2D eigenvalue weighted by atomic mass is 10.1. The molecule has 5 heteroatoms. The second-order valence-electron chi connectivity index (χ2n) is 4.77. The molecular weight excluding hydrogens is 229 g/mol. The molecule has 0 radical (unpaired) electrons. The molecule has 0 unspecified atom stereocenters. The summed E-state index contributed by atoms with van der Waals surface area (Å²) in [5.41, 5.74) is -0.156. The summed E-state index contributed by atoms with van der Waals surface area (Å²) in [5.74, 6) is -0.438. The molecule has 0 aliphatic carbocycles. The van der Waals surface area contributed by atoms with Gasteiger partial charge in [0.1, 0.15) is 5.82 Å². The van der Waals surface area contributed by atoms with Crippen molar-refractivity contribution in [3.05, 3.63) is 29.6 Å². The Kier molecular flexibility index (Phi) is 3.40. The molecule has 0 heterocycles. The van der Waals surface area contributed by atoms with Crippen molar-refractivity contribution in [2.45, 2.75) is 38.1 Å². The van der Waals surface area contributed by atoms with Gasteiger partial charge in [0.15, 0.2) is 0 Å². The van der Waals surface area contributed by atoms with Crippen molar-refractivity contribution in [1.82, 2.24) is 4.72 Å². The fourth-order valence-electron chi connectivity index (χ4n) is 1.37. The van der Waals surface area contributed by atoms with Crippen molar-refractivity contribution in [1.29, 1.82) is 0 Å². The summed E-state index contributed by atoms with van der Waals surface area (Å²) in [6.07, 6.45) is 0. The number of halogens is 1. The van der Waals surface area contributed by atoms with Crippen molar-refractivity contribution >= 4 is 10.0 Å². The molecule has 0 bridgehead atoms. The molecule has 1 aromatic carbocycles. The van der Waals surface area contributed by atoms with E-state index >= 15 is 0 Å². The summed E-state index contributed by atoms with van der Waals surface area (Å²) in [7, 11) is -3.58. The van der Waals surface area contributed by atoms with Gasteiger partial charge in [-0.05, 0) is 51.5 Å². The zero-order valence-electron chi connectivity index (χ0n) is 9.83. The maximum atomic E-state index is 12.9. The lowest BCUT2D eigenvalue weighted by molar-refractivity contribution is 0.491. The summed E-state index contributed by atoms with van der Waals surface area (Å²) in [6, 6.07) is 3.63. The molecule has 0 spiro atoms. The van der Waals surface area contributed by atoms with E-state index in [2.05, 4.69) is 4.72 Å². The predicted molar refractivity (Wildman–Crippen MR) is 61.2 cm³/mol. The molecule has 3 nitrogen and oxygen atoms in total. The van der Waals surface area contributed by atoms with E-state index in [0.717, 1.165) is 6.07 Å². The number of sulfonamides is 1. The van der Waals surface area contributed by atoms with E-state index in [1.807, 2.05) is 0 Å². The lowest BCUT2D eigenvalue weighted by Gasteiger charge is -2.21. The Morgan fingerprint density at radius 3 is 2.25 bits per heavy atom. The normalized spacial score (nSPS) is 12.8. The number of aryl methyl sites for hydroxylation is 1. The van der Waals surface area contributed by atoms with E-state index in [9.17, 15) is 12.8 Å². The van der Waals surface area contributed by atoms with Gasteiger partial charge in [0.25, 0.3) is 0 Å². The fraction of sp³-hybridized carbons (Fsp3) is 0.455.